The number of nitrogens with zero attached hydrogens (tertiary/aromatic N) is 1. The number of hydrogen-bond donors (Lipinski definition) is 1. The van der Waals surface area contributed by atoms with Crippen molar-refractivity contribution < 1.29 is 27.5 Å². The fourth-order valence-electron chi connectivity index (χ4n) is 3.04. The first-order chi connectivity index (χ1) is 14.5. The van der Waals surface area contributed by atoms with Crippen LogP contribution in [0.4, 0.5) is 11.4 Å². The summed E-state index contributed by atoms with van der Waals surface area (Å²) in [4.78, 5) is 25.1. The molecule has 2 aromatic carbocycles. The van der Waals surface area contributed by atoms with E-state index >= 15 is 0 Å². The molecular weight excluding hydrogens is 444 g/mol. The Morgan fingerprint density at radius 1 is 1.23 bits per heavy atom. The van der Waals surface area contributed by atoms with Crippen molar-refractivity contribution in [1.29, 1.82) is 0 Å². The van der Waals surface area contributed by atoms with Gasteiger partial charge in [0.1, 0.15) is 11.8 Å². The third-order valence-corrected chi connectivity index (χ3v) is 6.10. The Morgan fingerprint density at radius 3 is 2.45 bits per heavy atom. The average Bonchev–Trinajstić information content (AvgIpc) is 2.68. The normalized spacial score (nSPS) is 12.1. The van der Waals surface area contributed by atoms with Gasteiger partial charge in [-0.2, -0.15) is 0 Å². The van der Waals surface area contributed by atoms with Crippen LogP contribution in [0.2, 0.25) is 5.02 Å². The molecule has 8 nitrogen and oxygen atoms in total. The lowest BCUT2D eigenvalue weighted by molar-refractivity contribution is -0.116. The Labute approximate surface area is 187 Å². The molecule has 0 aliphatic rings. The Morgan fingerprint density at radius 2 is 1.90 bits per heavy atom. The van der Waals surface area contributed by atoms with Gasteiger partial charge in [-0.1, -0.05) is 17.7 Å². The molecule has 0 saturated carbocycles. The highest BCUT2D eigenvalue weighted by Gasteiger charge is 2.30. The second kappa shape index (κ2) is 10.0. The molecule has 2 rings (SSSR count). The molecule has 1 N–H and O–H groups in total. The molecule has 0 aliphatic carbocycles. The lowest BCUT2D eigenvalue weighted by atomic mass is 10.1. The molecule has 1 atom stereocenters. The molecule has 10 heteroatoms. The monoisotopic (exact) mass is 468 g/mol. The van der Waals surface area contributed by atoms with Crippen LogP contribution in [-0.2, 0) is 19.6 Å². The van der Waals surface area contributed by atoms with Crippen LogP contribution in [0.1, 0.15) is 29.8 Å². The van der Waals surface area contributed by atoms with E-state index in [9.17, 15) is 18.0 Å². The number of hydrogen-bond acceptors (Lipinski definition) is 6. The zero-order chi connectivity index (χ0) is 23.3. The number of carbonyl (C=O) groups excluding carboxylic acids is 2. The Bertz CT molecular complexity index is 1090. The highest BCUT2D eigenvalue weighted by molar-refractivity contribution is 7.92. The first-order valence-corrected chi connectivity index (χ1v) is 11.6. The Balaban J connectivity index is 2.36. The fourth-order valence-corrected chi connectivity index (χ4v) is 4.46. The summed E-state index contributed by atoms with van der Waals surface area (Å²) in [7, 11) is -2.39. The van der Waals surface area contributed by atoms with Crippen molar-refractivity contribution in [1.82, 2.24) is 0 Å². The van der Waals surface area contributed by atoms with Gasteiger partial charge in [-0.25, -0.2) is 13.2 Å². The summed E-state index contributed by atoms with van der Waals surface area (Å²) in [6, 6.07) is 8.15. The highest BCUT2D eigenvalue weighted by Crippen LogP contribution is 2.31. The molecule has 0 radical (unpaired) electrons. The second-order valence-corrected chi connectivity index (χ2v) is 9.01. The molecule has 2 aromatic rings. The van der Waals surface area contributed by atoms with Crippen LogP contribution in [0.25, 0.3) is 0 Å². The molecule has 31 heavy (non-hydrogen) atoms. The third kappa shape index (κ3) is 5.68. The minimum atomic E-state index is -3.83. The van der Waals surface area contributed by atoms with E-state index in [0.29, 0.717) is 22.6 Å². The van der Waals surface area contributed by atoms with Gasteiger partial charge >= 0.3 is 5.97 Å². The van der Waals surface area contributed by atoms with Crippen LogP contribution < -0.4 is 14.4 Å². The lowest BCUT2D eigenvalue weighted by Crippen LogP contribution is -2.45. The summed E-state index contributed by atoms with van der Waals surface area (Å²) < 4.78 is 36.1. The number of nitrogens with one attached hydrogen (secondary N) is 1. The van der Waals surface area contributed by atoms with Gasteiger partial charge in [-0.3, -0.25) is 9.10 Å². The SMILES string of the molecule is CCOC(=O)c1cccc(NC(=O)C(C)N(c2ccc(OC)c(Cl)c2)S(C)(=O)=O)c1C. The van der Waals surface area contributed by atoms with E-state index in [1.807, 2.05) is 0 Å². The van der Waals surface area contributed by atoms with Crippen molar-refractivity contribution in [3.63, 3.8) is 0 Å². The molecule has 1 unspecified atom stereocenters. The second-order valence-electron chi connectivity index (χ2n) is 6.74. The van der Waals surface area contributed by atoms with E-state index in [4.69, 9.17) is 21.1 Å². The van der Waals surface area contributed by atoms with Crippen molar-refractivity contribution in [2.24, 2.45) is 0 Å². The van der Waals surface area contributed by atoms with E-state index in [2.05, 4.69) is 5.32 Å². The molecule has 0 spiro atoms. The summed E-state index contributed by atoms with van der Waals surface area (Å²) >= 11 is 6.14. The van der Waals surface area contributed by atoms with Crippen molar-refractivity contribution in [3.8, 4) is 5.75 Å². The van der Waals surface area contributed by atoms with E-state index in [-0.39, 0.29) is 17.3 Å². The molecule has 0 saturated heterocycles. The maximum Gasteiger partial charge on any atom is 0.338 e. The fraction of sp³-hybridized carbons (Fsp3) is 0.333. The minimum Gasteiger partial charge on any atom is -0.495 e. The number of ether oxygens (including phenoxy) is 2. The van der Waals surface area contributed by atoms with Gasteiger partial charge in [0, 0.05) is 5.69 Å². The maximum atomic E-state index is 12.9. The number of benzene rings is 2. The molecule has 1 amide bonds. The van der Waals surface area contributed by atoms with Crippen molar-refractivity contribution in [2.45, 2.75) is 26.8 Å². The number of methoxy groups -OCH3 is 1. The molecule has 168 valence electrons. The number of carbonyl (C=O) groups is 2. The Kier molecular flexibility index (Phi) is 7.91. The van der Waals surface area contributed by atoms with Crippen LogP contribution in [0.15, 0.2) is 36.4 Å². The lowest BCUT2D eigenvalue weighted by Gasteiger charge is -2.28. The van der Waals surface area contributed by atoms with Gasteiger partial charge in [0.15, 0.2) is 0 Å². The summed E-state index contributed by atoms with van der Waals surface area (Å²) in [6.45, 7) is 5.05. The Hall–Kier alpha value is -2.78. The van der Waals surface area contributed by atoms with E-state index in [1.54, 1.807) is 32.0 Å². The van der Waals surface area contributed by atoms with E-state index in [0.717, 1.165) is 10.6 Å². The number of rotatable bonds is 8. The average molecular weight is 469 g/mol. The summed E-state index contributed by atoms with van der Waals surface area (Å²) in [5.41, 5.74) is 1.42. The largest absolute Gasteiger partial charge is 0.495 e. The van der Waals surface area contributed by atoms with Crippen molar-refractivity contribution >= 4 is 44.9 Å². The van der Waals surface area contributed by atoms with Crippen molar-refractivity contribution in [2.75, 3.05) is 29.6 Å². The van der Waals surface area contributed by atoms with Gasteiger partial charge in [0.25, 0.3) is 0 Å². The summed E-state index contributed by atoms with van der Waals surface area (Å²) in [5, 5.41) is 2.90. The van der Waals surface area contributed by atoms with Crippen LogP contribution in [0.5, 0.6) is 5.75 Å². The highest BCUT2D eigenvalue weighted by atomic mass is 35.5. The van der Waals surface area contributed by atoms with Crippen LogP contribution in [0.3, 0.4) is 0 Å². The van der Waals surface area contributed by atoms with Gasteiger partial charge in [0.05, 0.1) is 36.2 Å². The number of amides is 1. The predicted molar refractivity (Wildman–Crippen MR) is 121 cm³/mol. The first-order valence-electron chi connectivity index (χ1n) is 9.41. The zero-order valence-electron chi connectivity index (χ0n) is 17.9. The minimum absolute atomic E-state index is 0.208. The number of sulfonamides is 1. The molecule has 0 aliphatic heterocycles. The van der Waals surface area contributed by atoms with Crippen LogP contribution >= 0.6 is 11.6 Å². The molecule has 0 bridgehead atoms. The number of anilines is 2. The van der Waals surface area contributed by atoms with Crippen LogP contribution in [-0.4, -0.2) is 46.3 Å². The number of esters is 1. The summed E-state index contributed by atoms with van der Waals surface area (Å²) in [5.74, 6) is -0.710. The van der Waals surface area contributed by atoms with Gasteiger partial charge in [-0.15, -0.1) is 0 Å². The van der Waals surface area contributed by atoms with E-state index in [1.165, 1.54) is 32.2 Å². The van der Waals surface area contributed by atoms with Gasteiger partial charge in [0.2, 0.25) is 15.9 Å². The van der Waals surface area contributed by atoms with Gasteiger partial charge < -0.3 is 14.8 Å². The smallest absolute Gasteiger partial charge is 0.338 e. The van der Waals surface area contributed by atoms with Gasteiger partial charge in [-0.05, 0) is 56.7 Å². The zero-order valence-corrected chi connectivity index (χ0v) is 19.5. The topological polar surface area (TPSA) is 102 Å². The first kappa shape index (κ1) is 24.5. The third-order valence-electron chi connectivity index (χ3n) is 4.57. The standard InChI is InChI=1S/C21H25ClN2O6S/c1-6-30-21(26)16-8-7-9-18(13(16)2)23-20(25)14(3)24(31(5,27)28)15-10-11-19(29-4)17(22)12-15/h7-12,14H,6H2,1-5H3,(H,23,25). The molecule has 0 aromatic heterocycles. The molecule has 0 heterocycles. The van der Waals surface area contributed by atoms with Crippen molar-refractivity contribution in [3.05, 3.63) is 52.5 Å². The van der Waals surface area contributed by atoms with E-state index < -0.39 is 27.9 Å². The summed E-state index contributed by atoms with van der Waals surface area (Å²) in [6.07, 6.45) is 1.00. The molecule has 0 fully saturated rings. The quantitative estimate of drug-likeness (QED) is 0.593. The number of halogens is 1. The predicted octanol–water partition coefficient (Wildman–Crippen LogP) is 3.63. The molecular formula is C21H25ClN2O6S. The maximum absolute atomic E-state index is 12.9. The van der Waals surface area contributed by atoms with Crippen LogP contribution in [0, 0.1) is 6.92 Å².